The molecule has 202 valence electrons. The van der Waals surface area contributed by atoms with Crippen LogP contribution < -0.4 is 10.6 Å². The van der Waals surface area contributed by atoms with E-state index in [1.807, 2.05) is 25.3 Å². The van der Waals surface area contributed by atoms with Crippen LogP contribution >= 0.6 is 11.8 Å². The minimum atomic E-state index is -1.16. The van der Waals surface area contributed by atoms with Gasteiger partial charge in [-0.15, -0.1) is 0 Å². The molecule has 1 aromatic rings. The Kier molecular flexibility index (Phi) is 13.3. The van der Waals surface area contributed by atoms with Gasteiger partial charge in [-0.1, -0.05) is 31.2 Å². The van der Waals surface area contributed by atoms with Crippen molar-refractivity contribution in [2.75, 3.05) is 38.8 Å². The van der Waals surface area contributed by atoms with E-state index in [-0.39, 0.29) is 19.5 Å². The van der Waals surface area contributed by atoms with E-state index in [1.165, 1.54) is 23.8 Å². The molecule has 1 rings (SSSR count). The summed E-state index contributed by atoms with van der Waals surface area (Å²) in [7, 11) is 1.20. The number of hydrogen-bond acceptors (Lipinski definition) is 8. The summed E-state index contributed by atoms with van der Waals surface area (Å²) in [5.74, 6) is -1.26. The zero-order valence-corrected chi connectivity index (χ0v) is 22.8. The van der Waals surface area contributed by atoms with Gasteiger partial charge in [-0.3, -0.25) is 14.4 Å². The summed E-state index contributed by atoms with van der Waals surface area (Å²) < 4.78 is 9.93. The Morgan fingerprint density at radius 2 is 1.78 bits per heavy atom. The standard InChI is InChI=1S/C25H39N3O7S/c1-7-17-8-10-18(11-9-17)21(22(31)26-16-20(30)34-5)28(13-14-29)23(32)19(12-15-36-6)27-24(33)35-25(2,3)4/h8-11,19,21,29H,7,12-16H2,1-6H3,(H,26,31)(H,27,33). The normalized spacial score (nSPS) is 12.8. The smallest absolute Gasteiger partial charge is 0.408 e. The van der Waals surface area contributed by atoms with Crippen LogP contribution in [0.15, 0.2) is 24.3 Å². The number of ether oxygens (including phenoxy) is 2. The number of hydrogen-bond donors (Lipinski definition) is 3. The number of nitrogens with one attached hydrogen (secondary N) is 2. The summed E-state index contributed by atoms with van der Waals surface area (Å²) in [5, 5.41) is 14.9. The Labute approximate surface area is 217 Å². The van der Waals surface area contributed by atoms with Crippen LogP contribution in [0.1, 0.15) is 51.3 Å². The van der Waals surface area contributed by atoms with Crippen molar-refractivity contribution in [1.29, 1.82) is 0 Å². The molecule has 11 heteroatoms. The van der Waals surface area contributed by atoms with Crippen molar-refractivity contribution in [1.82, 2.24) is 15.5 Å². The summed E-state index contributed by atoms with van der Waals surface area (Å²) >= 11 is 1.50. The molecule has 3 N–H and O–H groups in total. The zero-order valence-electron chi connectivity index (χ0n) is 22.0. The summed E-state index contributed by atoms with van der Waals surface area (Å²) in [6, 6.07) is 5.01. The number of carbonyl (C=O) groups excluding carboxylic acids is 4. The third-order valence-corrected chi connectivity index (χ3v) is 5.77. The first kappa shape index (κ1) is 31.2. The largest absolute Gasteiger partial charge is 0.468 e. The van der Waals surface area contributed by atoms with Crippen LogP contribution in [0.3, 0.4) is 0 Å². The lowest BCUT2D eigenvalue weighted by Gasteiger charge is -2.34. The Hall–Kier alpha value is -2.79. The Balaban J connectivity index is 3.39. The second kappa shape index (κ2) is 15.4. The Morgan fingerprint density at radius 1 is 1.14 bits per heavy atom. The van der Waals surface area contributed by atoms with E-state index in [2.05, 4.69) is 15.4 Å². The maximum Gasteiger partial charge on any atom is 0.408 e. The molecule has 2 unspecified atom stereocenters. The van der Waals surface area contributed by atoms with Gasteiger partial charge in [-0.25, -0.2) is 4.79 Å². The third-order valence-electron chi connectivity index (χ3n) is 5.12. The van der Waals surface area contributed by atoms with Gasteiger partial charge in [0.2, 0.25) is 11.8 Å². The van der Waals surface area contributed by atoms with Crippen molar-refractivity contribution < 1.29 is 33.8 Å². The number of benzene rings is 1. The van der Waals surface area contributed by atoms with Crippen molar-refractivity contribution in [3.63, 3.8) is 0 Å². The van der Waals surface area contributed by atoms with E-state index in [0.29, 0.717) is 11.3 Å². The van der Waals surface area contributed by atoms with E-state index < -0.39 is 48.2 Å². The van der Waals surface area contributed by atoms with Crippen LogP contribution in [0.5, 0.6) is 0 Å². The molecule has 10 nitrogen and oxygen atoms in total. The number of thioether (sulfide) groups is 1. The Morgan fingerprint density at radius 3 is 2.28 bits per heavy atom. The number of alkyl carbamates (subject to hydrolysis) is 1. The van der Waals surface area contributed by atoms with Crippen molar-refractivity contribution in [2.45, 2.75) is 58.2 Å². The molecule has 0 aliphatic carbocycles. The molecule has 3 amide bonds. The fourth-order valence-electron chi connectivity index (χ4n) is 3.35. The van der Waals surface area contributed by atoms with Gasteiger partial charge in [0.05, 0.1) is 13.7 Å². The van der Waals surface area contributed by atoms with Gasteiger partial charge in [0.1, 0.15) is 24.2 Å². The minimum Gasteiger partial charge on any atom is -0.468 e. The van der Waals surface area contributed by atoms with Crippen LogP contribution in [-0.4, -0.2) is 84.3 Å². The molecule has 0 spiro atoms. The maximum absolute atomic E-state index is 13.7. The fraction of sp³-hybridized carbons (Fsp3) is 0.600. The van der Waals surface area contributed by atoms with Gasteiger partial charge in [0.25, 0.3) is 0 Å². The van der Waals surface area contributed by atoms with E-state index >= 15 is 0 Å². The number of esters is 1. The zero-order chi connectivity index (χ0) is 27.3. The molecule has 36 heavy (non-hydrogen) atoms. The number of aliphatic hydroxyl groups excluding tert-OH is 1. The number of nitrogens with zero attached hydrogens (tertiary/aromatic N) is 1. The van der Waals surface area contributed by atoms with Crippen LogP contribution in [0, 0.1) is 0 Å². The third kappa shape index (κ3) is 10.4. The lowest BCUT2D eigenvalue weighted by atomic mass is 10.00. The van der Waals surface area contributed by atoms with Crippen molar-refractivity contribution >= 4 is 35.6 Å². The van der Waals surface area contributed by atoms with Gasteiger partial charge in [0.15, 0.2) is 0 Å². The second-order valence-electron chi connectivity index (χ2n) is 9.03. The lowest BCUT2D eigenvalue weighted by Crippen LogP contribution is -2.54. The van der Waals surface area contributed by atoms with Gasteiger partial charge in [-0.2, -0.15) is 11.8 Å². The highest BCUT2D eigenvalue weighted by Crippen LogP contribution is 2.24. The molecule has 0 fully saturated rings. The first-order chi connectivity index (χ1) is 17.0. The van der Waals surface area contributed by atoms with Crippen LogP contribution in [0.4, 0.5) is 4.79 Å². The lowest BCUT2D eigenvalue weighted by molar-refractivity contribution is -0.145. The number of aliphatic hydroxyl groups is 1. The molecule has 0 aromatic heterocycles. The maximum atomic E-state index is 13.7. The molecular weight excluding hydrogens is 486 g/mol. The highest BCUT2D eigenvalue weighted by atomic mass is 32.2. The van der Waals surface area contributed by atoms with Gasteiger partial charge < -0.3 is 30.1 Å². The molecule has 0 saturated heterocycles. The predicted molar refractivity (Wildman–Crippen MR) is 139 cm³/mol. The number of rotatable bonds is 13. The van der Waals surface area contributed by atoms with Gasteiger partial charge in [-0.05, 0) is 56.7 Å². The number of carbonyl (C=O) groups is 4. The Bertz CT molecular complexity index is 871. The first-order valence-electron chi connectivity index (χ1n) is 11.8. The molecule has 1 aromatic carbocycles. The van der Waals surface area contributed by atoms with Crippen LogP contribution in [0.2, 0.25) is 0 Å². The number of methoxy groups -OCH3 is 1. The van der Waals surface area contributed by atoms with E-state index in [0.717, 1.165) is 12.0 Å². The van der Waals surface area contributed by atoms with Crippen molar-refractivity contribution in [3.05, 3.63) is 35.4 Å². The molecule has 0 saturated carbocycles. The van der Waals surface area contributed by atoms with E-state index in [4.69, 9.17) is 4.74 Å². The van der Waals surface area contributed by atoms with Crippen molar-refractivity contribution in [3.8, 4) is 0 Å². The fourth-order valence-corrected chi connectivity index (χ4v) is 3.83. The van der Waals surface area contributed by atoms with Gasteiger partial charge >= 0.3 is 12.1 Å². The molecule has 2 atom stereocenters. The molecular formula is C25H39N3O7S. The van der Waals surface area contributed by atoms with E-state index in [9.17, 15) is 24.3 Å². The number of aryl methyl sites for hydroxylation is 1. The first-order valence-corrected chi connectivity index (χ1v) is 13.2. The molecule has 0 aliphatic heterocycles. The van der Waals surface area contributed by atoms with Gasteiger partial charge in [0, 0.05) is 6.54 Å². The second-order valence-corrected chi connectivity index (χ2v) is 10.0. The average molecular weight is 526 g/mol. The summed E-state index contributed by atoms with van der Waals surface area (Å²) in [6.45, 7) is 6.17. The summed E-state index contributed by atoms with van der Waals surface area (Å²) in [5.41, 5.74) is 0.772. The minimum absolute atomic E-state index is 0.170. The highest BCUT2D eigenvalue weighted by molar-refractivity contribution is 7.98. The SMILES string of the molecule is CCc1ccc(C(C(=O)NCC(=O)OC)N(CCO)C(=O)C(CCSC)NC(=O)OC(C)(C)C)cc1. The topological polar surface area (TPSA) is 134 Å². The monoisotopic (exact) mass is 525 g/mol. The average Bonchev–Trinajstić information content (AvgIpc) is 2.83. The van der Waals surface area contributed by atoms with Crippen LogP contribution in [0.25, 0.3) is 0 Å². The molecule has 0 radical (unpaired) electrons. The highest BCUT2D eigenvalue weighted by Gasteiger charge is 2.36. The molecule has 0 heterocycles. The summed E-state index contributed by atoms with van der Waals surface area (Å²) in [4.78, 5) is 52.3. The number of amides is 3. The molecule has 0 aliphatic rings. The predicted octanol–water partition coefficient (Wildman–Crippen LogP) is 2.05. The quantitative estimate of drug-likeness (QED) is 0.333. The van der Waals surface area contributed by atoms with E-state index in [1.54, 1.807) is 32.9 Å². The molecule has 0 bridgehead atoms. The summed E-state index contributed by atoms with van der Waals surface area (Å²) in [6.07, 6.45) is 2.19. The van der Waals surface area contributed by atoms with Crippen LogP contribution in [-0.2, 0) is 30.3 Å². The van der Waals surface area contributed by atoms with Crippen molar-refractivity contribution in [2.24, 2.45) is 0 Å².